The molecule has 0 fully saturated rings. The van der Waals surface area contributed by atoms with E-state index in [4.69, 9.17) is 23.1 Å². The lowest BCUT2D eigenvalue weighted by Crippen LogP contribution is -2.54. The van der Waals surface area contributed by atoms with Crippen LogP contribution in [0.4, 0.5) is 26.3 Å². The van der Waals surface area contributed by atoms with Gasteiger partial charge in [0.25, 0.3) is 20.2 Å². The molecule has 20 heteroatoms. The number of hydrogen-bond acceptors (Lipinski definition) is 11. The molecular weight excluding hydrogens is 1050 g/mol. The highest BCUT2D eigenvalue weighted by Crippen LogP contribution is 2.56. The second kappa shape index (κ2) is 21.4. The van der Waals surface area contributed by atoms with E-state index in [1.165, 1.54) is 51.3 Å². The molecule has 7 rings (SSSR count). The van der Waals surface area contributed by atoms with Gasteiger partial charge in [0.1, 0.15) is 40.6 Å². The highest BCUT2D eigenvalue weighted by molar-refractivity contribution is 7.86. The quantitative estimate of drug-likeness (QED) is 0.0283. The third-order valence-corrected chi connectivity index (χ3v) is 14.8. The number of nitriles is 1. The zero-order chi connectivity index (χ0) is 56.5. The molecule has 0 amide bonds. The summed E-state index contributed by atoms with van der Waals surface area (Å²) in [6.45, 7) is 8.04. The van der Waals surface area contributed by atoms with Crippen molar-refractivity contribution in [1.82, 2.24) is 0 Å². The Morgan fingerprint density at radius 1 is 0.610 bits per heavy atom. The number of nitrogens with zero attached hydrogens (tertiary/aromatic N) is 1. The van der Waals surface area contributed by atoms with Crippen molar-refractivity contribution in [3.8, 4) is 45.9 Å². The van der Waals surface area contributed by atoms with Crippen LogP contribution in [-0.2, 0) is 41.0 Å². The second-order valence-corrected chi connectivity index (χ2v) is 21.8. The van der Waals surface area contributed by atoms with Crippen LogP contribution in [0.3, 0.4) is 0 Å². The van der Waals surface area contributed by atoms with E-state index in [9.17, 15) is 57.8 Å². The lowest BCUT2D eigenvalue weighted by atomic mass is 9.73. The van der Waals surface area contributed by atoms with Crippen LogP contribution < -0.4 is 18.9 Å². The van der Waals surface area contributed by atoms with Gasteiger partial charge in [-0.15, -0.1) is 0 Å². The van der Waals surface area contributed by atoms with E-state index in [1.807, 2.05) is 0 Å². The molecule has 0 spiro atoms. The van der Waals surface area contributed by atoms with Crippen molar-refractivity contribution >= 4 is 26.0 Å². The van der Waals surface area contributed by atoms with Crippen molar-refractivity contribution < 1.29 is 75.7 Å². The van der Waals surface area contributed by atoms with E-state index >= 15 is 0 Å². The fourth-order valence-electron chi connectivity index (χ4n) is 8.95. The number of benzene rings is 7. The minimum absolute atomic E-state index is 0.0450. The molecule has 1 N–H and O–H groups in total. The van der Waals surface area contributed by atoms with Crippen molar-refractivity contribution in [2.45, 2.75) is 74.2 Å². The maximum absolute atomic E-state index is 14.7. The zero-order valence-corrected chi connectivity index (χ0v) is 43.8. The van der Waals surface area contributed by atoms with Gasteiger partial charge in [-0.2, -0.15) is 48.4 Å². The van der Waals surface area contributed by atoms with Crippen LogP contribution in [0.1, 0.15) is 82.6 Å². The van der Waals surface area contributed by atoms with E-state index in [-0.39, 0.29) is 50.0 Å². The van der Waals surface area contributed by atoms with Crippen molar-refractivity contribution in [3.63, 3.8) is 0 Å². The Bertz CT molecular complexity index is 3580. The summed E-state index contributed by atoms with van der Waals surface area (Å²) in [4.78, 5) is 13.4. The van der Waals surface area contributed by atoms with Gasteiger partial charge in [0.05, 0.1) is 24.7 Å². The Morgan fingerprint density at radius 2 is 1.09 bits per heavy atom. The predicted octanol–water partition coefficient (Wildman–Crippen LogP) is 13.2. The summed E-state index contributed by atoms with van der Waals surface area (Å²) in [5.74, 6) is -1.98. The SMILES string of the molecule is COc1ccc(C(c2ccc(OC(C)(C)Oc3ccc(-c4ccc(Oc5cccc(C(C)(C)c6ccc(C(=O)c7ccc(C)c(CS(=O)(=O)O)c7)cc6S(=O)(=O)OC)c5C#N)cc4)cc3)cc2)(C(F)(F)F)C(F)(F)F)cc1. The monoisotopic (exact) mass is 1100 g/mol. The molecule has 0 heterocycles. The number of alkyl halides is 6. The third kappa shape index (κ3) is 12.0. The van der Waals surface area contributed by atoms with E-state index < -0.39 is 71.9 Å². The molecule has 0 bridgehead atoms. The molecule has 0 saturated carbocycles. The number of rotatable bonds is 18. The molecule has 0 atom stereocenters. The first-order chi connectivity index (χ1) is 35.9. The lowest BCUT2D eigenvalue weighted by Gasteiger charge is -2.38. The van der Waals surface area contributed by atoms with Crippen LogP contribution in [0.5, 0.6) is 28.7 Å². The van der Waals surface area contributed by atoms with Crippen LogP contribution >= 0.6 is 0 Å². The first-order valence-corrected chi connectivity index (χ1v) is 26.2. The largest absolute Gasteiger partial charge is 0.497 e. The molecule has 7 aromatic rings. The summed E-state index contributed by atoms with van der Waals surface area (Å²) in [5.41, 5.74) is -4.90. The Hall–Kier alpha value is -7.70. The van der Waals surface area contributed by atoms with Gasteiger partial charge in [-0.1, -0.05) is 98.8 Å². The Labute approximate surface area is 441 Å². The molecule has 0 aliphatic carbocycles. The Morgan fingerprint density at radius 3 is 1.57 bits per heavy atom. The van der Waals surface area contributed by atoms with Crippen LogP contribution in [-0.4, -0.2) is 59.5 Å². The van der Waals surface area contributed by atoms with E-state index in [1.54, 1.807) is 87.5 Å². The van der Waals surface area contributed by atoms with E-state index in [0.717, 1.165) is 72.8 Å². The molecule has 0 aliphatic rings. The number of carbonyl (C=O) groups excluding carboxylic acids is 1. The topological polar surface area (TPSA) is 176 Å². The van der Waals surface area contributed by atoms with Crippen LogP contribution in [0.25, 0.3) is 11.1 Å². The number of ether oxygens (including phenoxy) is 4. The van der Waals surface area contributed by atoms with E-state index in [0.29, 0.717) is 22.6 Å². The zero-order valence-electron chi connectivity index (χ0n) is 42.2. The van der Waals surface area contributed by atoms with Crippen LogP contribution in [0.15, 0.2) is 157 Å². The smallest absolute Gasteiger partial charge is 0.411 e. The summed E-state index contributed by atoms with van der Waals surface area (Å²) < 4.78 is 176. The van der Waals surface area contributed by atoms with Crippen LogP contribution in [0, 0.1) is 18.3 Å². The molecule has 0 aliphatic heterocycles. The summed E-state index contributed by atoms with van der Waals surface area (Å²) >= 11 is 0. The summed E-state index contributed by atoms with van der Waals surface area (Å²) in [6, 6.07) is 36.0. The number of methoxy groups -OCH3 is 1. The lowest BCUT2D eigenvalue weighted by molar-refractivity contribution is -0.288. The number of halogens is 6. The fourth-order valence-corrected chi connectivity index (χ4v) is 10.7. The molecule has 402 valence electrons. The fraction of sp³-hybridized carbons (Fsp3) is 0.228. The number of carbonyl (C=O) groups is 1. The highest BCUT2D eigenvalue weighted by Gasteiger charge is 2.72. The van der Waals surface area contributed by atoms with Crippen LogP contribution in [0.2, 0.25) is 0 Å². The molecule has 0 unspecified atom stereocenters. The molecular formula is C57H49F6NO11S2. The minimum Gasteiger partial charge on any atom is -0.497 e. The first-order valence-electron chi connectivity index (χ1n) is 23.2. The van der Waals surface area contributed by atoms with Gasteiger partial charge in [-0.25, -0.2) is 0 Å². The van der Waals surface area contributed by atoms with Crippen molar-refractivity contribution in [2.75, 3.05) is 14.2 Å². The van der Waals surface area contributed by atoms with Gasteiger partial charge in [-0.3, -0.25) is 13.5 Å². The maximum Gasteiger partial charge on any atom is 0.411 e. The summed E-state index contributed by atoms with van der Waals surface area (Å²) in [6.07, 6.45) is -11.6. The molecule has 0 saturated heterocycles. The number of hydrogen-bond donors (Lipinski definition) is 1. The van der Waals surface area contributed by atoms with Gasteiger partial charge in [0, 0.05) is 30.4 Å². The maximum atomic E-state index is 14.7. The highest BCUT2D eigenvalue weighted by atomic mass is 32.2. The Balaban J connectivity index is 1.06. The first kappa shape index (κ1) is 57.0. The average molecular weight is 1100 g/mol. The second-order valence-electron chi connectivity index (χ2n) is 18.7. The van der Waals surface area contributed by atoms with Gasteiger partial charge < -0.3 is 18.9 Å². The van der Waals surface area contributed by atoms with E-state index in [2.05, 4.69) is 6.07 Å². The normalized spacial score (nSPS) is 12.6. The Kier molecular flexibility index (Phi) is 15.8. The molecule has 12 nitrogen and oxygen atoms in total. The van der Waals surface area contributed by atoms with Gasteiger partial charge in [0.2, 0.25) is 11.2 Å². The third-order valence-electron chi connectivity index (χ3n) is 12.8. The summed E-state index contributed by atoms with van der Waals surface area (Å²) in [7, 11) is -6.72. The van der Waals surface area contributed by atoms with Gasteiger partial charge >= 0.3 is 12.4 Å². The number of aryl methyl sites for hydroxylation is 1. The standard InChI is InChI=1S/C57H49F6NO11S2/c1-35-11-12-38(31-40(35)34-76(66,67)68)52(65)39-17-30-49(51(32-39)77(69,70)72-7)53(2,3)48-9-8-10-50(47(48)33-64)73-44-22-13-36(14-23-44)37-15-24-45(25-16-37)74-54(4,5)75-46-28-20-42(21-29-46)55(56(58,59)60,57(61,62)63)41-18-26-43(71-6)27-19-41/h8-32H,34H2,1-7H3,(H,66,67,68). The summed E-state index contributed by atoms with van der Waals surface area (Å²) in [5, 5.41) is 10.6. The number of ketones is 1. The van der Waals surface area contributed by atoms with Crippen molar-refractivity contribution in [3.05, 3.63) is 202 Å². The van der Waals surface area contributed by atoms with Gasteiger partial charge in [0.15, 0.2) is 5.78 Å². The average Bonchev–Trinajstić information content (AvgIpc) is 3.48. The predicted molar refractivity (Wildman–Crippen MR) is 273 cm³/mol. The molecule has 0 aromatic heterocycles. The van der Waals surface area contributed by atoms with Gasteiger partial charge in [-0.05, 0) is 118 Å². The molecule has 77 heavy (non-hydrogen) atoms. The molecule has 7 aromatic carbocycles. The minimum atomic E-state index is -5.78. The van der Waals surface area contributed by atoms with Crippen molar-refractivity contribution in [1.29, 1.82) is 5.26 Å². The van der Waals surface area contributed by atoms with Crippen molar-refractivity contribution in [2.24, 2.45) is 0 Å². The molecule has 0 radical (unpaired) electrons.